The van der Waals surface area contributed by atoms with Crippen molar-refractivity contribution in [2.24, 2.45) is 0 Å². The van der Waals surface area contributed by atoms with Gasteiger partial charge in [0.1, 0.15) is 5.75 Å². The van der Waals surface area contributed by atoms with Gasteiger partial charge in [-0.05, 0) is 36.8 Å². The van der Waals surface area contributed by atoms with Crippen LogP contribution in [-0.2, 0) is 20.8 Å². The van der Waals surface area contributed by atoms with Crippen molar-refractivity contribution in [3.8, 4) is 5.75 Å². The Morgan fingerprint density at radius 2 is 1.86 bits per heavy atom. The summed E-state index contributed by atoms with van der Waals surface area (Å²) in [7, 11) is 0. The number of piperazine rings is 1. The Labute approximate surface area is 172 Å². The number of nitrogens with zero attached hydrogens (tertiary/aromatic N) is 2. The van der Waals surface area contributed by atoms with Crippen molar-refractivity contribution >= 4 is 40.8 Å². The average Bonchev–Trinajstić information content (AvgIpc) is 3.40. The summed E-state index contributed by atoms with van der Waals surface area (Å²) in [5, 5.41) is 3.31. The number of rotatable bonds is 2. The molecular formula is C21H18ClN3O4. The zero-order valence-corrected chi connectivity index (χ0v) is 16.2. The summed E-state index contributed by atoms with van der Waals surface area (Å²) in [4.78, 5) is 40.5. The summed E-state index contributed by atoms with van der Waals surface area (Å²) in [6.07, 6.45) is 1.07. The number of esters is 1. The van der Waals surface area contributed by atoms with Gasteiger partial charge in [0.2, 0.25) is 0 Å². The Bertz CT molecular complexity index is 1020. The van der Waals surface area contributed by atoms with Gasteiger partial charge in [0.15, 0.2) is 0 Å². The van der Waals surface area contributed by atoms with E-state index in [1.54, 1.807) is 23.1 Å². The van der Waals surface area contributed by atoms with Crippen LogP contribution in [0.4, 0.5) is 11.4 Å². The van der Waals surface area contributed by atoms with E-state index in [2.05, 4.69) is 10.2 Å². The normalized spacial score (nSPS) is 21.9. The lowest BCUT2D eigenvalue weighted by Gasteiger charge is -2.35. The van der Waals surface area contributed by atoms with Crippen molar-refractivity contribution in [1.82, 2.24) is 4.90 Å². The van der Waals surface area contributed by atoms with Crippen molar-refractivity contribution in [2.45, 2.75) is 24.9 Å². The molecule has 2 bridgehead atoms. The van der Waals surface area contributed by atoms with Gasteiger partial charge in [-0.25, -0.2) is 0 Å². The van der Waals surface area contributed by atoms with Crippen molar-refractivity contribution in [3.63, 3.8) is 0 Å². The van der Waals surface area contributed by atoms with Gasteiger partial charge >= 0.3 is 17.8 Å². The van der Waals surface area contributed by atoms with Crippen LogP contribution in [0.3, 0.4) is 0 Å². The Morgan fingerprint density at radius 1 is 1.07 bits per heavy atom. The number of fused-ring (bicyclic) bond motifs is 3. The van der Waals surface area contributed by atoms with Gasteiger partial charge in [0.05, 0.1) is 12.5 Å². The van der Waals surface area contributed by atoms with Crippen LogP contribution < -0.4 is 15.0 Å². The van der Waals surface area contributed by atoms with Crippen LogP contribution in [0.1, 0.15) is 12.0 Å². The number of carbonyl (C=O) groups excluding carboxylic acids is 3. The summed E-state index contributed by atoms with van der Waals surface area (Å²) >= 11 is 5.96. The molecule has 3 aliphatic heterocycles. The quantitative estimate of drug-likeness (QED) is 0.466. The lowest BCUT2D eigenvalue weighted by atomic mass is 10.1. The second kappa shape index (κ2) is 6.77. The Balaban J connectivity index is 1.23. The highest BCUT2D eigenvalue weighted by Crippen LogP contribution is 2.35. The van der Waals surface area contributed by atoms with E-state index in [1.165, 1.54) is 0 Å². The molecule has 0 aromatic heterocycles. The van der Waals surface area contributed by atoms with E-state index in [1.807, 2.05) is 24.3 Å². The third-order valence-electron chi connectivity index (χ3n) is 5.74. The van der Waals surface area contributed by atoms with Crippen LogP contribution >= 0.6 is 11.6 Å². The molecule has 3 aliphatic rings. The third-order valence-corrected chi connectivity index (χ3v) is 5.99. The summed E-state index contributed by atoms with van der Waals surface area (Å²) in [6.45, 7) is 1.21. The van der Waals surface area contributed by atoms with E-state index in [0.717, 1.165) is 17.7 Å². The second-order valence-corrected chi connectivity index (χ2v) is 7.99. The van der Waals surface area contributed by atoms with E-state index in [0.29, 0.717) is 29.5 Å². The van der Waals surface area contributed by atoms with E-state index in [9.17, 15) is 14.4 Å². The molecule has 3 heterocycles. The van der Waals surface area contributed by atoms with Crippen molar-refractivity contribution in [2.75, 3.05) is 23.3 Å². The molecule has 0 unspecified atom stereocenters. The number of carbonyl (C=O) groups is 3. The molecule has 0 spiro atoms. The molecule has 2 atom stereocenters. The number of halogens is 1. The summed E-state index contributed by atoms with van der Waals surface area (Å²) in [5.74, 6) is -1.11. The standard InChI is InChI=1S/C21H18ClN3O4/c22-13-2-5-15(6-3-13)24-10-17-9-16(24)11-25(17)21(28)20(27)23-14-4-1-12-7-19(26)29-18(12)8-14/h1-6,8,16-17H,7,9-11H2,(H,23,27)/t16-,17-/m1/s1. The lowest BCUT2D eigenvalue weighted by molar-refractivity contribution is -0.143. The van der Waals surface area contributed by atoms with E-state index in [4.69, 9.17) is 16.3 Å². The Kier molecular flexibility index (Phi) is 4.20. The minimum absolute atomic E-state index is 0.00917. The molecule has 1 N–H and O–H groups in total. The largest absolute Gasteiger partial charge is 0.426 e. The molecule has 2 fully saturated rings. The van der Waals surface area contributed by atoms with Crippen molar-refractivity contribution < 1.29 is 19.1 Å². The van der Waals surface area contributed by atoms with Gasteiger partial charge in [-0.1, -0.05) is 17.7 Å². The highest BCUT2D eigenvalue weighted by molar-refractivity contribution is 6.39. The predicted octanol–water partition coefficient (Wildman–Crippen LogP) is 2.23. The fourth-order valence-corrected chi connectivity index (χ4v) is 4.49. The van der Waals surface area contributed by atoms with Gasteiger partial charge in [0.25, 0.3) is 0 Å². The van der Waals surface area contributed by atoms with Crippen LogP contribution in [0.2, 0.25) is 5.02 Å². The second-order valence-electron chi connectivity index (χ2n) is 7.56. The Morgan fingerprint density at radius 3 is 2.59 bits per heavy atom. The minimum atomic E-state index is -0.681. The van der Waals surface area contributed by atoms with Crippen LogP contribution in [0, 0.1) is 0 Å². The van der Waals surface area contributed by atoms with Gasteiger partial charge < -0.3 is 19.9 Å². The molecular weight excluding hydrogens is 394 g/mol. The number of hydrogen-bond donors (Lipinski definition) is 1. The molecule has 5 rings (SSSR count). The molecule has 0 radical (unpaired) electrons. The van der Waals surface area contributed by atoms with Gasteiger partial charge in [-0.3, -0.25) is 14.4 Å². The first-order chi connectivity index (χ1) is 14.0. The van der Waals surface area contributed by atoms with Crippen LogP contribution in [0.5, 0.6) is 5.75 Å². The molecule has 0 aliphatic carbocycles. The minimum Gasteiger partial charge on any atom is -0.426 e. The summed E-state index contributed by atoms with van der Waals surface area (Å²) in [5.41, 5.74) is 2.29. The van der Waals surface area contributed by atoms with Crippen molar-refractivity contribution in [3.05, 3.63) is 53.1 Å². The fraction of sp³-hybridized carbons (Fsp3) is 0.286. The first-order valence-corrected chi connectivity index (χ1v) is 9.83. The molecule has 2 aromatic rings. The number of benzene rings is 2. The Hall–Kier alpha value is -3.06. The van der Waals surface area contributed by atoms with Gasteiger partial charge in [0, 0.05) is 47.2 Å². The molecule has 148 valence electrons. The maximum absolute atomic E-state index is 12.7. The number of anilines is 2. The monoisotopic (exact) mass is 411 g/mol. The van der Waals surface area contributed by atoms with Gasteiger partial charge in [-0.15, -0.1) is 0 Å². The zero-order valence-electron chi connectivity index (χ0n) is 15.4. The highest BCUT2D eigenvalue weighted by Gasteiger charge is 2.46. The maximum atomic E-state index is 12.7. The first-order valence-electron chi connectivity index (χ1n) is 9.46. The molecule has 29 heavy (non-hydrogen) atoms. The van der Waals surface area contributed by atoms with Crippen molar-refractivity contribution in [1.29, 1.82) is 0 Å². The van der Waals surface area contributed by atoms with Crippen LogP contribution in [0.15, 0.2) is 42.5 Å². The van der Waals surface area contributed by atoms with Crippen LogP contribution in [-0.4, -0.2) is 47.9 Å². The smallest absolute Gasteiger partial charge is 0.315 e. The maximum Gasteiger partial charge on any atom is 0.315 e. The predicted molar refractivity (Wildman–Crippen MR) is 107 cm³/mol. The zero-order chi connectivity index (χ0) is 20.1. The molecule has 8 heteroatoms. The number of amides is 2. The number of ether oxygens (including phenoxy) is 1. The average molecular weight is 412 g/mol. The summed E-state index contributed by atoms with van der Waals surface area (Å²) < 4.78 is 5.09. The number of hydrogen-bond acceptors (Lipinski definition) is 5. The molecule has 2 amide bonds. The molecule has 2 saturated heterocycles. The lowest BCUT2D eigenvalue weighted by Crippen LogP contribution is -2.51. The molecule has 0 saturated carbocycles. The summed E-state index contributed by atoms with van der Waals surface area (Å²) in [6, 6.07) is 12.8. The van der Waals surface area contributed by atoms with E-state index in [-0.39, 0.29) is 24.5 Å². The first kappa shape index (κ1) is 18.0. The molecule has 2 aromatic carbocycles. The fourth-order valence-electron chi connectivity index (χ4n) is 4.37. The SMILES string of the molecule is O=C1Cc2ccc(NC(=O)C(=O)N3C[C@H]4C[C@@H]3CN4c3ccc(Cl)cc3)cc2O1. The topological polar surface area (TPSA) is 79.0 Å². The molecule has 7 nitrogen and oxygen atoms in total. The number of likely N-dealkylation sites (tertiary alicyclic amines) is 1. The third kappa shape index (κ3) is 3.21. The number of nitrogens with one attached hydrogen (secondary N) is 1. The highest BCUT2D eigenvalue weighted by atomic mass is 35.5. The van der Waals surface area contributed by atoms with Gasteiger partial charge in [-0.2, -0.15) is 0 Å². The van der Waals surface area contributed by atoms with E-state index >= 15 is 0 Å². The van der Waals surface area contributed by atoms with E-state index < -0.39 is 11.8 Å². The van der Waals surface area contributed by atoms with Crippen LogP contribution in [0.25, 0.3) is 0 Å².